The molecule has 3 aromatic heterocycles. The number of rotatable bonds is 8. The van der Waals surface area contributed by atoms with E-state index in [0.717, 1.165) is 27.0 Å². The highest BCUT2D eigenvalue weighted by Gasteiger charge is 2.19. The minimum atomic E-state index is -1.14. The van der Waals surface area contributed by atoms with E-state index in [9.17, 15) is 4.79 Å². The van der Waals surface area contributed by atoms with Gasteiger partial charge >= 0.3 is 6.03 Å². The van der Waals surface area contributed by atoms with Gasteiger partial charge in [0.1, 0.15) is 16.6 Å². The summed E-state index contributed by atoms with van der Waals surface area (Å²) in [6, 6.07) is 27.9. The highest BCUT2D eigenvalue weighted by Crippen LogP contribution is 2.45. The van der Waals surface area contributed by atoms with Crippen molar-refractivity contribution in [3.05, 3.63) is 103 Å². The Morgan fingerprint density at radius 2 is 1.69 bits per heavy atom. The molecule has 0 unspecified atom stereocenters. The van der Waals surface area contributed by atoms with E-state index < -0.39 is 16.1 Å². The summed E-state index contributed by atoms with van der Waals surface area (Å²) in [7, 11) is -1.14. The second kappa shape index (κ2) is 12.3. The number of nitrogens with zero attached hydrogens (tertiary/aromatic N) is 5. The van der Waals surface area contributed by atoms with E-state index in [1.807, 2.05) is 73.7 Å². The van der Waals surface area contributed by atoms with Crippen LogP contribution >= 0.6 is 10.0 Å². The van der Waals surface area contributed by atoms with Gasteiger partial charge in [-0.3, -0.25) is 5.32 Å². The molecule has 242 valence electrons. The molecule has 4 aromatic carbocycles. The van der Waals surface area contributed by atoms with Crippen molar-refractivity contribution in [3.8, 4) is 17.3 Å². The van der Waals surface area contributed by atoms with Crippen molar-refractivity contribution in [2.75, 3.05) is 40.5 Å². The number of hydrogen-bond donors (Lipinski definition) is 4. The number of benzene rings is 4. The van der Waals surface area contributed by atoms with Gasteiger partial charge in [-0.15, -0.1) is 0 Å². The van der Waals surface area contributed by atoms with Crippen molar-refractivity contribution < 1.29 is 14.1 Å². The number of nitrogens with one attached hydrogen (secondary N) is 3. The molecule has 7 rings (SSSR count). The molecule has 0 saturated carbocycles. The number of aryl methyl sites for hydroxylation is 1. The number of aromatic nitrogens is 5. The molecule has 7 aromatic rings. The number of nitrogen functional groups attached to an aromatic ring is 1. The van der Waals surface area contributed by atoms with Gasteiger partial charge in [0.25, 0.3) is 0 Å². The molecule has 0 radical (unpaired) electrons. The number of amides is 2. The van der Waals surface area contributed by atoms with Crippen LogP contribution in [-0.2, 0) is 0 Å². The van der Waals surface area contributed by atoms with Gasteiger partial charge in [0.15, 0.2) is 11.4 Å². The molecule has 0 aliphatic heterocycles. The Bertz CT molecular complexity index is 2290. The predicted octanol–water partition coefficient (Wildman–Crippen LogP) is 8.08. The Morgan fingerprint density at radius 3 is 2.48 bits per heavy atom. The average molecular weight is 660 g/mol. The van der Waals surface area contributed by atoms with Gasteiger partial charge in [-0.05, 0) is 68.2 Å². The number of carbonyl (C=O) groups excluding carboxylic acids is 1. The molecule has 48 heavy (non-hydrogen) atoms. The zero-order valence-electron chi connectivity index (χ0n) is 26.7. The van der Waals surface area contributed by atoms with Crippen LogP contribution < -0.4 is 26.4 Å². The normalized spacial score (nSPS) is 11.8. The third-order valence-corrected chi connectivity index (χ3v) is 9.02. The van der Waals surface area contributed by atoms with E-state index in [2.05, 4.69) is 49.8 Å². The van der Waals surface area contributed by atoms with Crippen LogP contribution in [-0.4, -0.2) is 49.7 Å². The second-order valence-corrected chi connectivity index (χ2v) is 16.0. The van der Waals surface area contributed by atoms with Crippen LogP contribution in [0.4, 0.5) is 33.8 Å². The lowest BCUT2D eigenvalue weighted by atomic mass is 10.1. The quantitative estimate of drug-likeness (QED) is 0.127. The molecular formula is C35H33N9O3S. The molecule has 3 heterocycles. The van der Waals surface area contributed by atoms with E-state index in [1.165, 1.54) is 0 Å². The van der Waals surface area contributed by atoms with Crippen molar-refractivity contribution in [2.24, 2.45) is 0 Å². The maximum absolute atomic E-state index is 13.4. The molecule has 0 aliphatic carbocycles. The Kier molecular flexibility index (Phi) is 7.81. The van der Waals surface area contributed by atoms with Gasteiger partial charge in [-0.2, -0.15) is 10.1 Å². The Hall–Kier alpha value is -6.08. The minimum Gasteiger partial charge on any atom is -0.438 e. The maximum atomic E-state index is 13.4. The maximum Gasteiger partial charge on any atom is 0.324 e. The second-order valence-electron chi connectivity index (χ2n) is 11.9. The summed E-state index contributed by atoms with van der Waals surface area (Å²) < 4.78 is 13.2. The van der Waals surface area contributed by atoms with Crippen LogP contribution in [0.5, 0.6) is 11.6 Å². The number of nitrogens with two attached hydrogens (primary N) is 1. The highest BCUT2D eigenvalue weighted by atomic mass is 32.3. The van der Waals surface area contributed by atoms with Gasteiger partial charge in [0.05, 0.1) is 16.8 Å². The summed E-state index contributed by atoms with van der Waals surface area (Å²) in [5.74, 6) is 2.12. The summed E-state index contributed by atoms with van der Waals surface area (Å²) in [4.78, 5) is 22.3. The first-order valence-corrected chi connectivity index (χ1v) is 17.8. The van der Waals surface area contributed by atoms with Crippen molar-refractivity contribution in [1.82, 2.24) is 24.9 Å². The van der Waals surface area contributed by atoms with Crippen LogP contribution in [0.1, 0.15) is 5.56 Å². The first-order valence-electron chi connectivity index (χ1n) is 15.0. The minimum absolute atomic E-state index is 0.304. The van der Waals surface area contributed by atoms with E-state index in [1.54, 1.807) is 35.1 Å². The van der Waals surface area contributed by atoms with Gasteiger partial charge in [0, 0.05) is 34.8 Å². The number of hydrogen-bond acceptors (Lipinski definition) is 9. The molecule has 0 bridgehead atoms. The zero-order valence-corrected chi connectivity index (χ0v) is 27.5. The SMILES string of the molecule is Cc1ccc(-n2nc(S(C)(C)C)cc2NC(=O)Nc2ccc(Oc3ccnc(Nc4ccc5onc(N)c5c4)n3)c3ccccc23)cc1. The van der Waals surface area contributed by atoms with Gasteiger partial charge in [0.2, 0.25) is 11.8 Å². The lowest BCUT2D eigenvalue weighted by Crippen LogP contribution is -2.21. The summed E-state index contributed by atoms with van der Waals surface area (Å²) in [5.41, 5.74) is 9.82. The molecule has 0 saturated heterocycles. The van der Waals surface area contributed by atoms with Crippen molar-refractivity contribution in [2.45, 2.75) is 11.9 Å². The van der Waals surface area contributed by atoms with Crippen molar-refractivity contribution >= 4 is 66.8 Å². The fraction of sp³-hybridized carbons (Fsp3) is 0.114. The molecule has 0 fully saturated rings. The molecule has 12 nitrogen and oxygen atoms in total. The first kappa shape index (κ1) is 30.6. The lowest BCUT2D eigenvalue weighted by molar-refractivity contribution is 0.262. The van der Waals surface area contributed by atoms with Crippen LogP contribution in [0.15, 0.2) is 107 Å². The topological polar surface area (TPSA) is 158 Å². The summed E-state index contributed by atoms with van der Waals surface area (Å²) in [6.07, 6.45) is 8.11. The van der Waals surface area contributed by atoms with Crippen LogP contribution in [0.2, 0.25) is 0 Å². The van der Waals surface area contributed by atoms with Crippen LogP contribution in [0, 0.1) is 6.92 Å². The summed E-state index contributed by atoms with van der Waals surface area (Å²) in [5, 5.41) is 21.1. The standard InChI is InChI=1S/C35H33N9O3S/c1-21-9-12-23(13-10-21)44-30(20-32(42-44)48(2,3)4)40-35(45)39-27-14-16-28(25-8-6-5-7-24(25)27)46-31-17-18-37-34(41-31)38-22-11-15-29-26(19-22)33(36)43-47-29/h5-20H,1-4H3,(H2,36,43)(H,37,38,41)(H2,39,40,45). The third-order valence-electron chi connectivity index (χ3n) is 7.57. The highest BCUT2D eigenvalue weighted by molar-refractivity contribution is 8.32. The van der Waals surface area contributed by atoms with Crippen molar-refractivity contribution in [3.63, 3.8) is 0 Å². The zero-order chi connectivity index (χ0) is 33.4. The summed E-state index contributed by atoms with van der Waals surface area (Å²) in [6.45, 7) is 2.03. The molecule has 0 atom stereocenters. The number of anilines is 5. The van der Waals surface area contributed by atoms with E-state index in [-0.39, 0.29) is 0 Å². The number of ether oxygens (including phenoxy) is 1. The van der Waals surface area contributed by atoms with Crippen LogP contribution in [0.3, 0.4) is 0 Å². The molecule has 5 N–H and O–H groups in total. The lowest BCUT2D eigenvalue weighted by Gasteiger charge is -2.21. The Labute approximate surface area is 277 Å². The van der Waals surface area contributed by atoms with E-state index in [4.69, 9.17) is 20.1 Å². The largest absolute Gasteiger partial charge is 0.438 e. The fourth-order valence-electron chi connectivity index (χ4n) is 5.11. The van der Waals surface area contributed by atoms with Crippen molar-refractivity contribution in [1.29, 1.82) is 0 Å². The Balaban J connectivity index is 1.11. The van der Waals surface area contributed by atoms with Crippen LogP contribution in [0.25, 0.3) is 27.4 Å². The molecule has 0 spiro atoms. The molecule has 13 heteroatoms. The van der Waals surface area contributed by atoms with E-state index in [0.29, 0.717) is 51.6 Å². The van der Waals surface area contributed by atoms with E-state index >= 15 is 0 Å². The number of fused-ring (bicyclic) bond motifs is 2. The number of urea groups is 1. The molecule has 2 amide bonds. The van der Waals surface area contributed by atoms with Gasteiger partial charge in [-0.25, -0.2) is 24.5 Å². The number of carbonyl (C=O) groups is 1. The monoisotopic (exact) mass is 659 g/mol. The van der Waals surface area contributed by atoms with Gasteiger partial charge in [-0.1, -0.05) is 47.1 Å². The molecule has 0 aliphatic rings. The predicted molar refractivity (Wildman–Crippen MR) is 192 cm³/mol. The van der Waals surface area contributed by atoms with Gasteiger partial charge < -0.3 is 25.6 Å². The summed E-state index contributed by atoms with van der Waals surface area (Å²) >= 11 is 0. The molecular weight excluding hydrogens is 627 g/mol. The average Bonchev–Trinajstić information content (AvgIpc) is 3.66. The Morgan fingerprint density at radius 1 is 0.896 bits per heavy atom. The third kappa shape index (κ3) is 6.31. The fourth-order valence-corrected chi connectivity index (χ4v) is 5.90. The first-order chi connectivity index (χ1) is 23.1. The smallest absolute Gasteiger partial charge is 0.324 e.